The molecule has 0 N–H and O–H groups in total. The monoisotopic (exact) mass is 187 g/mol. The van der Waals surface area contributed by atoms with Gasteiger partial charge in [-0.05, 0) is 12.8 Å². The molecule has 0 aliphatic rings. The number of rotatable bonds is 4. The molecule has 0 aromatic carbocycles. The first-order valence-electron chi connectivity index (χ1n) is 4.27. The molecular weight excluding hydrogens is 174 g/mol. The van der Waals surface area contributed by atoms with E-state index < -0.39 is 0 Å². The van der Waals surface area contributed by atoms with Gasteiger partial charge in [-0.2, -0.15) is 0 Å². The normalized spacial score (nSPS) is 11.0. The Hall–Kier alpha value is -0.570. The van der Waals surface area contributed by atoms with E-state index in [9.17, 15) is 0 Å². The van der Waals surface area contributed by atoms with Gasteiger partial charge in [-0.15, -0.1) is 21.8 Å². The third kappa shape index (κ3) is 1.78. The van der Waals surface area contributed by atoms with Gasteiger partial charge >= 0.3 is 0 Å². The van der Waals surface area contributed by atoms with Crippen LogP contribution in [0.3, 0.4) is 0 Å². The average molecular weight is 188 g/mol. The van der Waals surface area contributed by atoms with Gasteiger partial charge in [0.15, 0.2) is 0 Å². The molecule has 1 rings (SSSR count). The van der Waals surface area contributed by atoms with E-state index in [4.69, 9.17) is 11.6 Å². The molecule has 0 aliphatic carbocycles. The third-order valence-corrected chi connectivity index (χ3v) is 2.34. The van der Waals surface area contributed by atoms with E-state index in [2.05, 4.69) is 28.6 Å². The Morgan fingerprint density at radius 1 is 1.50 bits per heavy atom. The van der Waals surface area contributed by atoms with Crippen molar-refractivity contribution < 1.29 is 0 Å². The van der Waals surface area contributed by atoms with Gasteiger partial charge < -0.3 is 4.57 Å². The summed E-state index contributed by atoms with van der Waals surface area (Å²) in [5.74, 6) is 1.31. The molecule has 4 heteroatoms. The minimum absolute atomic E-state index is 0.441. The van der Waals surface area contributed by atoms with Crippen LogP contribution in [-0.2, 0) is 5.88 Å². The van der Waals surface area contributed by atoms with Crippen LogP contribution in [0.25, 0.3) is 0 Å². The quantitative estimate of drug-likeness (QED) is 0.678. The van der Waals surface area contributed by atoms with Gasteiger partial charge in [0.1, 0.15) is 12.2 Å². The maximum atomic E-state index is 5.71. The average Bonchev–Trinajstić information content (AvgIpc) is 2.55. The lowest BCUT2D eigenvalue weighted by atomic mass is 10.2. The fourth-order valence-corrected chi connectivity index (χ4v) is 1.54. The van der Waals surface area contributed by atoms with Gasteiger partial charge in [0.2, 0.25) is 0 Å². The summed E-state index contributed by atoms with van der Waals surface area (Å²) in [6.45, 7) is 4.32. The van der Waals surface area contributed by atoms with Gasteiger partial charge in [0, 0.05) is 6.04 Å². The Morgan fingerprint density at radius 2 is 2.17 bits per heavy atom. The fraction of sp³-hybridized carbons (Fsp3) is 0.750. The second kappa shape index (κ2) is 4.45. The zero-order chi connectivity index (χ0) is 8.97. The van der Waals surface area contributed by atoms with Crippen molar-refractivity contribution in [1.82, 2.24) is 14.8 Å². The Morgan fingerprint density at radius 3 is 2.67 bits per heavy atom. The predicted molar refractivity (Wildman–Crippen MR) is 49.2 cm³/mol. The summed E-state index contributed by atoms with van der Waals surface area (Å²) >= 11 is 5.71. The predicted octanol–water partition coefficient (Wildman–Crippen LogP) is 2.38. The number of hydrogen-bond acceptors (Lipinski definition) is 2. The first-order valence-corrected chi connectivity index (χ1v) is 4.81. The molecule has 1 aromatic heterocycles. The van der Waals surface area contributed by atoms with Crippen LogP contribution in [0, 0.1) is 0 Å². The van der Waals surface area contributed by atoms with Gasteiger partial charge in [0.05, 0.1) is 5.88 Å². The maximum Gasteiger partial charge on any atom is 0.148 e. The van der Waals surface area contributed by atoms with E-state index in [1.54, 1.807) is 6.33 Å². The highest BCUT2D eigenvalue weighted by atomic mass is 35.5. The Labute approximate surface area is 77.8 Å². The number of nitrogens with zero attached hydrogens (tertiary/aromatic N) is 3. The van der Waals surface area contributed by atoms with Crippen molar-refractivity contribution in [2.75, 3.05) is 0 Å². The summed E-state index contributed by atoms with van der Waals surface area (Å²) in [6, 6.07) is 0.494. The Bertz CT molecular complexity index is 230. The molecule has 0 amide bonds. The van der Waals surface area contributed by atoms with E-state index in [-0.39, 0.29) is 0 Å². The molecule has 0 unspecified atom stereocenters. The van der Waals surface area contributed by atoms with Crippen molar-refractivity contribution in [1.29, 1.82) is 0 Å². The zero-order valence-corrected chi connectivity index (χ0v) is 8.25. The molecule has 12 heavy (non-hydrogen) atoms. The summed E-state index contributed by atoms with van der Waals surface area (Å²) in [5, 5.41) is 7.77. The molecule has 1 aromatic rings. The summed E-state index contributed by atoms with van der Waals surface area (Å²) in [6.07, 6.45) is 3.95. The third-order valence-electron chi connectivity index (χ3n) is 2.10. The van der Waals surface area contributed by atoms with Crippen molar-refractivity contribution in [2.45, 2.75) is 38.6 Å². The number of halogens is 1. The van der Waals surface area contributed by atoms with Crippen molar-refractivity contribution in [2.24, 2.45) is 0 Å². The second-order valence-corrected chi connectivity index (χ2v) is 3.03. The lowest BCUT2D eigenvalue weighted by Crippen LogP contribution is -2.08. The van der Waals surface area contributed by atoms with Gasteiger partial charge in [-0.25, -0.2) is 0 Å². The number of aromatic nitrogens is 3. The van der Waals surface area contributed by atoms with E-state index in [0.717, 1.165) is 18.7 Å². The molecule has 0 aliphatic heterocycles. The van der Waals surface area contributed by atoms with Crippen molar-refractivity contribution in [3.63, 3.8) is 0 Å². The first kappa shape index (κ1) is 9.52. The van der Waals surface area contributed by atoms with Gasteiger partial charge in [-0.1, -0.05) is 13.8 Å². The SMILES string of the molecule is CCC(CC)n1cnnc1CCl. The topological polar surface area (TPSA) is 30.7 Å². The van der Waals surface area contributed by atoms with E-state index >= 15 is 0 Å². The van der Waals surface area contributed by atoms with Gasteiger partial charge in [0.25, 0.3) is 0 Å². The molecule has 0 saturated carbocycles. The molecule has 0 bridgehead atoms. The van der Waals surface area contributed by atoms with E-state index in [1.165, 1.54) is 0 Å². The second-order valence-electron chi connectivity index (χ2n) is 2.76. The van der Waals surface area contributed by atoms with E-state index in [0.29, 0.717) is 11.9 Å². The maximum absolute atomic E-state index is 5.71. The van der Waals surface area contributed by atoms with Crippen LogP contribution in [0.2, 0.25) is 0 Å². The lowest BCUT2D eigenvalue weighted by Gasteiger charge is -2.14. The molecule has 0 spiro atoms. The minimum atomic E-state index is 0.441. The Kier molecular flexibility index (Phi) is 3.53. The van der Waals surface area contributed by atoms with Crippen LogP contribution in [-0.4, -0.2) is 14.8 Å². The highest BCUT2D eigenvalue weighted by Gasteiger charge is 2.10. The first-order chi connectivity index (χ1) is 5.83. The standard InChI is InChI=1S/C8H14ClN3/c1-3-7(4-2)12-6-10-11-8(12)5-9/h6-7H,3-5H2,1-2H3. The van der Waals surface area contributed by atoms with E-state index in [1.807, 2.05) is 0 Å². The largest absolute Gasteiger partial charge is 0.313 e. The zero-order valence-electron chi connectivity index (χ0n) is 7.50. The molecule has 3 nitrogen and oxygen atoms in total. The molecule has 0 saturated heterocycles. The molecular formula is C8H14ClN3. The Balaban J connectivity index is 2.83. The number of hydrogen-bond donors (Lipinski definition) is 0. The van der Waals surface area contributed by atoms with Crippen molar-refractivity contribution in [3.8, 4) is 0 Å². The highest BCUT2D eigenvalue weighted by Crippen LogP contribution is 2.16. The van der Waals surface area contributed by atoms with Crippen LogP contribution in [0.15, 0.2) is 6.33 Å². The summed E-state index contributed by atoms with van der Waals surface area (Å²) in [7, 11) is 0. The van der Waals surface area contributed by atoms with Crippen LogP contribution >= 0.6 is 11.6 Å². The summed E-state index contributed by atoms with van der Waals surface area (Å²) in [5.41, 5.74) is 0. The van der Waals surface area contributed by atoms with Crippen LogP contribution in [0.5, 0.6) is 0 Å². The molecule has 0 radical (unpaired) electrons. The summed E-state index contributed by atoms with van der Waals surface area (Å²) < 4.78 is 2.06. The van der Waals surface area contributed by atoms with Crippen LogP contribution in [0.4, 0.5) is 0 Å². The smallest absolute Gasteiger partial charge is 0.148 e. The molecule has 68 valence electrons. The minimum Gasteiger partial charge on any atom is -0.313 e. The lowest BCUT2D eigenvalue weighted by molar-refractivity contribution is 0.459. The molecule has 1 heterocycles. The molecule has 0 atom stereocenters. The molecule has 0 fully saturated rings. The highest BCUT2D eigenvalue weighted by molar-refractivity contribution is 6.16. The summed E-state index contributed by atoms with van der Waals surface area (Å²) in [4.78, 5) is 0. The van der Waals surface area contributed by atoms with Crippen LogP contribution < -0.4 is 0 Å². The fourth-order valence-electron chi connectivity index (χ4n) is 1.35. The van der Waals surface area contributed by atoms with Crippen molar-refractivity contribution >= 4 is 11.6 Å². The van der Waals surface area contributed by atoms with Crippen LogP contribution in [0.1, 0.15) is 38.6 Å². The van der Waals surface area contributed by atoms with Crippen molar-refractivity contribution in [3.05, 3.63) is 12.2 Å². The van der Waals surface area contributed by atoms with Gasteiger partial charge in [-0.3, -0.25) is 0 Å². The number of alkyl halides is 1.